The Morgan fingerprint density at radius 3 is 2.38 bits per heavy atom. The van der Waals surface area contributed by atoms with Crippen molar-refractivity contribution >= 4 is 0 Å². The first-order valence-corrected chi connectivity index (χ1v) is 6.38. The van der Waals surface area contributed by atoms with Crippen molar-refractivity contribution in [3.8, 4) is 0 Å². The van der Waals surface area contributed by atoms with E-state index in [0.29, 0.717) is 12.1 Å². The summed E-state index contributed by atoms with van der Waals surface area (Å²) < 4.78 is 5.75. The predicted octanol–water partition coefficient (Wildman–Crippen LogP) is 2.90. The van der Waals surface area contributed by atoms with Crippen molar-refractivity contribution in [1.29, 1.82) is 0 Å². The Hall–Kier alpha value is -0.120. The van der Waals surface area contributed by atoms with E-state index in [-0.39, 0.29) is 11.0 Å². The van der Waals surface area contributed by atoms with Gasteiger partial charge >= 0.3 is 0 Å². The van der Waals surface area contributed by atoms with Crippen LogP contribution in [-0.2, 0) is 9.57 Å². The summed E-state index contributed by atoms with van der Waals surface area (Å²) in [5.41, 5.74) is 3.28. The third-order valence-electron chi connectivity index (χ3n) is 3.62. The molecule has 0 aromatic rings. The molecule has 1 aliphatic rings. The molecule has 0 aromatic heterocycles. The lowest BCUT2D eigenvalue weighted by Crippen LogP contribution is -2.62. The summed E-state index contributed by atoms with van der Waals surface area (Å²) in [5, 5.41) is 0. The lowest BCUT2D eigenvalue weighted by atomic mass is 9.62. The molecule has 0 heterocycles. The Balaban J connectivity index is 2.46. The Morgan fingerprint density at radius 2 is 1.94 bits per heavy atom. The molecule has 3 nitrogen and oxygen atoms in total. The highest BCUT2D eigenvalue weighted by Gasteiger charge is 2.51. The molecule has 1 rings (SSSR count). The summed E-state index contributed by atoms with van der Waals surface area (Å²) in [6.07, 6.45) is 2.54. The van der Waals surface area contributed by atoms with E-state index >= 15 is 0 Å². The van der Waals surface area contributed by atoms with Crippen LogP contribution in [0, 0.1) is 5.41 Å². The summed E-state index contributed by atoms with van der Waals surface area (Å²) in [4.78, 5) is 5.65. The maximum atomic E-state index is 5.75. The van der Waals surface area contributed by atoms with Gasteiger partial charge in [0.05, 0.1) is 11.7 Å². The zero-order chi connectivity index (χ0) is 12.4. The number of ether oxygens (including phenoxy) is 1. The highest BCUT2D eigenvalue weighted by atomic mass is 16.7. The number of hydrogen-bond acceptors (Lipinski definition) is 3. The van der Waals surface area contributed by atoms with Gasteiger partial charge < -0.3 is 4.74 Å². The van der Waals surface area contributed by atoms with Crippen LogP contribution in [0.15, 0.2) is 0 Å². The van der Waals surface area contributed by atoms with Crippen molar-refractivity contribution in [3.63, 3.8) is 0 Å². The molecule has 0 saturated heterocycles. The zero-order valence-electron chi connectivity index (χ0n) is 11.6. The van der Waals surface area contributed by atoms with Crippen LogP contribution in [0.2, 0.25) is 0 Å². The van der Waals surface area contributed by atoms with Gasteiger partial charge in [-0.1, -0.05) is 13.8 Å². The first-order chi connectivity index (χ1) is 7.33. The molecule has 0 bridgehead atoms. The van der Waals surface area contributed by atoms with Crippen LogP contribution >= 0.6 is 0 Å². The predicted molar refractivity (Wildman–Crippen MR) is 66.2 cm³/mol. The molecular formula is C13H27NO2. The summed E-state index contributed by atoms with van der Waals surface area (Å²) in [7, 11) is 0. The number of nitrogens with one attached hydrogen (secondary N) is 1. The number of hydroxylamine groups is 1. The van der Waals surface area contributed by atoms with Gasteiger partial charge in [-0.25, -0.2) is 0 Å². The van der Waals surface area contributed by atoms with Gasteiger partial charge in [-0.3, -0.25) is 4.84 Å². The SMILES string of the molecule is CCOC1CC(NOC(C)(C)C)C1(C)CC. The van der Waals surface area contributed by atoms with Crippen molar-refractivity contribution in [1.82, 2.24) is 5.48 Å². The second-order valence-corrected chi connectivity index (χ2v) is 5.92. The van der Waals surface area contributed by atoms with E-state index in [1.54, 1.807) is 0 Å². The molecule has 96 valence electrons. The van der Waals surface area contributed by atoms with Crippen LogP contribution in [0.4, 0.5) is 0 Å². The van der Waals surface area contributed by atoms with Gasteiger partial charge in [-0.2, -0.15) is 5.48 Å². The molecule has 3 atom stereocenters. The Morgan fingerprint density at radius 1 is 1.31 bits per heavy atom. The fraction of sp³-hybridized carbons (Fsp3) is 1.00. The lowest BCUT2D eigenvalue weighted by molar-refractivity contribution is -0.188. The molecule has 1 aliphatic carbocycles. The molecule has 16 heavy (non-hydrogen) atoms. The van der Waals surface area contributed by atoms with Crippen LogP contribution in [-0.4, -0.2) is 24.4 Å². The highest BCUT2D eigenvalue weighted by Crippen LogP contribution is 2.46. The molecule has 1 fully saturated rings. The van der Waals surface area contributed by atoms with Gasteiger partial charge in [0, 0.05) is 18.1 Å². The molecule has 3 unspecified atom stereocenters. The van der Waals surface area contributed by atoms with Gasteiger partial charge in [-0.15, -0.1) is 0 Å². The average Bonchev–Trinajstić information content (AvgIpc) is 2.19. The molecule has 1 saturated carbocycles. The van der Waals surface area contributed by atoms with Crippen LogP contribution in [0.25, 0.3) is 0 Å². The van der Waals surface area contributed by atoms with Crippen molar-refractivity contribution in [2.45, 2.75) is 72.1 Å². The van der Waals surface area contributed by atoms with Gasteiger partial charge in [0.1, 0.15) is 0 Å². The molecule has 0 aromatic carbocycles. The van der Waals surface area contributed by atoms with Crippen LogP contribution in [0.1, 0.15) is 54.4 Å². The topological polar surface area (TPSA) is 30.5 Å². The van der Waals surface area contributed by atoms with Gasteiger partial charge in [0.2, 0.25) is 0 Å². The third kappa shape index (κ3) is 2.96. The molecule has 3 heteroatoms. The fourth-order valence-corrected chi connectivity index (χ4v) is 2.18. The molecule has 0 aliphatic heterocycles. The molecule has 0 amide bonds. The van der Waals surface area contributed by atoms with E-state index in [1.807, 2.05) is 0 Å². The molecule has 0 spiro atoms. The van der Waals surface area contributed by atoms with Crippen LogP contribution in [0.3, 0.4) is 0 Å². The summed E-state index contributed by atoms with van der Waals surface area (Å²) in [5.74, 6) is 0. The summed E-state index contributed by atoms with van der Waals surface area (Å²) in [6, 6.07) is 0.410. The van der Waals surface area contributed by atoms with Crippen molar-refractivity contribution in [3.05, 3.63) is 0 Å². The Bertz CT molecular complexity index is 224. The van der Waals surface area contributed by atoms with Crippen LogP contribution < -0.4 is 5.48 Å². The van der Waals surface area contributed by atoms with Gasteiger partial charge in [0.25, 0.3) is 0 Å². The van der Waals surface area contributed by atoms with E-state index in [1.165, 1.54) is 0 Å². The van der Waals surface area contributed by atoms with Gasteiger partial charge in [0.15, 0.2) is 0 Å². The maximum absolute atomic E-state index is 5.75. The summed E-state index contributed by atoms with van der Waals surface area (Å²) in [6.45, 7) is 13.5. The van der Waals surface area contributed by atoms with Crippen molar-refractivity contribution in [2.24, 2.45) is 5.41 Å². The summed E-state index contributed by atoms with van der Waals surface area (Å²) >= 11 is 0. The van der Waals surface area contributed by atoms with E-state index < -0.39 is 0 Å². The first kappa shape index (κ1) is 13.9. The highest BCUT2D eigenvalue weighted by molar-refractivity contribution is 5.03. The second kappa shape index (κ2) is 5.03. The monoisotopic (exact) mass is 229 g/mol. The van der Waals surface area contributed by atoms with E-state index in [9.17, 15) is 0 Å². The van der Waals surface area contributed by atoms with E-state index in [0.717, 1.165) is 19.4 Å². The Kier molecular flexibility index (Phi) is 4.38. The van der Waals surface area contributed by atoms with Crippen molar-refractivity contribution < 1.29 is 9.57 Å². The first-order valence-electron chi connectivity index (χ1n) is 6.38. The minimum atomic E-state index is -0.134. The minimum Gasteiger partial charge on any atom is -0.378 e. The van der Waals surface area contributed by atoms with E-state index in [4.69, 9.17) is 9.57 Å². The molecular weight excluding hydrogens is 202 g/mol. The smallest absolute Gasteiger partial charge is 0.0813 e. The Labute approximate surface area is 99.8 Å². The van der Waals surface area contributed by atoms with Crippen molar-refractivity contribution in [2.75, 3.05) is 6.61 Å². The minimum absolute atomic E-state index is 0.134. The normalized spacial score (nSPS) is 34.9. The standard InChI is InChI=1S/C13H27NO2/c1-7-13(6)10(9-11(13)15-8-2)14-16-12(3,4)5/h10-11,14H,7-9H2,1-6H3. The van der Waals surface area contributed by atoms with E-state index in [2.05, 4.69) is 47.0 Å². The second-order valence-electron chi connectivity index (χ2n) is 5.92. The zero-order valence-corrected chi connectivity index (χ0v) is 11.6. The maximum Gasteiger partial charge on any atom is 0.0813 e. The quantitative estimate of drug-likeness (QED) is 0.735. The molecule has 0 radical (unpaired) electrons. The lowest BCUT2D eigenvalue weighted by Gasteiger charge is -2.53. The fourth-order valence-electron chi connectivity index (χ4n) is 2.18. The molecule has 1 N–H and O–H groups in total. The number of hydrogen-bond donors (Lipinski definition) is 1. The average molecular weight is 229 g/mol. The van der Waals surface area contributed by atoms with Gasteiger partial charge in [-0.05, 0) is 40.5 Å². The largest absolute Gasteiger partial charge is 0.378 e. The number of rotatable bonds is 5. The van der Waals surface area contributed by atoms with Crippen LogP contribution in [0.5, 0.6) is 0 Å². The third-order valence-corrected chi connectivity index (χ3v) is 3.62.